The number of benzene rings is 1. The van der Waals surface area contributed by atoms with Gasteiger partial charge in [0.25, 0.3) is 0 Å². The molecule has 1 aromatic heterocycles. The average molecular weight is 264 g/mol. The molecule has 0 bridgehead atoms. The smallest absolute Gasteiger partial charge is 0.244 e. The third-order valence-corrected chi connectivity index (χ3v) is 3.40. The van der Waals surface area contributed by atoms with Crippen LogP contribution in [0.4, 0.5) is 0 Å². The zero-order chi connectivity index (χ0) is 12.4. The molecule has 0 saturated carbocycles. The van der Waals surface area contributed by atoms with E-state index in [4.69, 9.17) is 16.1 Å². The molecular weight excluding hydrogens is 250 g/mol. The van der Waals surface area contributed by atoms with Gasteiger partial charge in [0.05, 0.1) is 6.04 Å². The molecule has 2 aromatic rings. The van der Waals surface area contributed by atoms with Crippen LogP contribution in [-0.4, -0.2) is 16.7 Å². The molecule has 1 atom stereocenters. The minimum atomic E-state index is 0.201. The molecule has 3 rings (SSSR count). The summed E-state index contributed by atoms with van der Waals surface area (Å²) in [6.45, 7) is 1.02. The maximum absolute atomic E-state index is 5.85. The number of halogens is 1. The fourth-order valence-electron chi connectivity index (χ4n) is 2.16. The number of nitrogens with one attached hydrogen (secondary N) is 1. The largest absolute Gasteiger partial charge is 0.337 e. The van der Waals surface area contributed by atoms with Gasteiger partial charge in [0.1, 0.15) is 0 Å². The van der Waals surface area contributed by atoms with Crippen molar-refractivity contribution in [1.82, 2.24) is 15.5 Å². The lowest BCUT2D eigenvalue weighted by Crippen LogP contribution is -2.26. The number of hydrogen-bond acceptors (Lipinski definition) is 4. The second-order valence-electron chi connectivity index (χ2n) is 4.47. The first-order chi connectivity index (χ1) is 8.83. The maximum atomic E-state index is 5.85. The van der Waals surface area contributed by atoms with E-state index in [1.54, 1.807) is 0 Å². The van der Waals surface area contributed by atoms with Crippen molar-refractivity contribution in [2.75, 3.05) is 6.54 Å². The van der Waals surface area contributed by atoms with Crippen LogP contribution in [0.1, 0.15) is 31.2 Å². The fourth-order valence-corrected chi connectivity index (χ4v) is 2.28. The van der Waals surface area contributed by atoms with E-state index >= 15 is 0 Å². The van der Waals surface area contributed by atoms with E-state index in [0.717, 1.165) is 18.5 Å². The number of piperidine rings is 1. The number of rotatable bonds is 2. The van der Waals surface area contributed by atoms with Crippen LogP contribution in [-0.2, 0) is 0 Å². The van der Waals surface area contributed by atoms with Gasteiger partial charge in [0, 0.05) is 10.6 Å². The number of hydrogen-bond donors (Lipinski definition) is 1. The molecule has 0 amide bonds. The Bertz CT molecular complexity index is 517. The molecule has 1 aliphatic heterocycles. The van der Waals surface area contributed by atoms with Crippen molar-refractivity contribution in [3.63, 3.8) is 0 Å². The lowest BCUT2D eigenvalue weighted by Gasteiger charge is -2.19. The van der Waals surface area contributed by atoms with Crippen LogP contribution in [0.5, 0.6) is 0 Å². The first-order valence-corrected chi connectivity index (χ1v) is 6.53. The van der Waals surface area contributed by atoms with Gasteiger partial charge >= 0.3 is 0 Å². The molecular formula is C13H14ClN3O. The monoisotopic (exact) mass is 263 g/mol. The molecule has 0 aliphatic carbocycles. The molecule has 4 nitrogen and oxygen atoms in total. The number of aromatic nitrogens is 2. The van der Waals surface area contributed by atoms with Gasteiger partial charge in [0.15, 0.2) is 0 Å². The summed E-state index contributed by atoms with van der Waals surface area (Å²) in [5.74, 6) is 1.30. The summed E-state index contributed by atoms with van der Waals surface area (Å²) in [6.07, 6.45) is 3.48. The first kappa shape index (κ1) is 11.7. The third kappa shape index (κ3) is 2.40. The Morgan fingerprint density at radius 2 is 2.06 bits per heavy atom. The van der Waals surface area contributed by atoms with Gasteiger partial charge < -0.3 is 9.84 Å². The van der Waals surface area contributed by atoms with Crippen molar-refractivity contribution in [3.8, 4) is 11.4 Å². The van der Waals surface area contributed by atoms with E-state index in [9.17, 15) is 0 Å². The van der Waals surface area contributed by atoms with E-state index in [1.165, 1.54) is 12.8 Å². The lowest BCUT2D eigenvalue weighted by atomic mass is 10.1. The zero-order valence-corrected chi connectivity index (χ0v) is 10.7. The van der Waals surface area contributed by atoms with Crippen molar-refractivity contribution < 1.29 is 4.52 Å². The van der Waals surface area contributed by atoms with Crippen molar-refractivity contribution in [1.29, 1.82) is 0 Å². The summed E-state index contributed by atoms with van der Waals surface area (Å²) >= 11 is 5.85. The topological polar surface area (TPSA) is 51.0 Å². The molecule has 2 heterocycles. The van der Waals surface area contributed by atoms with Crippen LogP contribution in [0.3, 0.4) is 0 Å². The lowest BCUT2D eigenvalue weighted by molar-refractivity contribution is 0.297. The summed E-state index contributed by atoms with van der Waals surface area (Å²) < 4.78 is 5.33. The highest BCUT2D eigenvalue weighted by atomic mass is 35.5. The van der Waals surface area contributed by atoms with E-state index in [0.29, 0.717) is 16.7 Å². The van der Waals surface area contributed by atoms with Gasteiger partial charge in [-0.25, -0.2) is 0 Å². The van der Waals surface area contributed by atoms with E-state index in [1.807, 2.05) is 24.3 Å². The average Bonchev–Trinajstić information content (AvgIpc) is 2.90. The van der Waals surface area contributed by atoms with Crippen LogP contribution < -0.4 is 5.32 Å². The van der Waals surface area contributed by atoms with Gasteiger partial charge in [-0.3, -0.25) is 0 Å². The van der Waals surface area contributed by atoms with Gasteiger partial charge in [-0.15, -0.1) is 0 Å². The SMILES string of the molecule is Clc1ccc(-c2noc([C@H]3CCCCN3)n2)cc1. The molecule has 0 radical (unpaired) electrons. The highest BCUT2D eigenvalue weighted by molar-refractivity contribution is 6.30. The molecule has 94 valence electrons. The molecule has 1 fully saturated rings. The summed E-state index contributed by atoms with van der Waals surface area (Å²) in [4.78, 5) is 4.45. The minimum Gasteiger partial charge on any atom is -0.337 e. The van der Waals surface area contributed by atoms with E-state index in [-0.39, 0.29) is 6.04 Å². The van der Waals surface area contributed by atoms with Crippen LogP contribution >= 0.6 is 11.6 Å². The Morgan fingerprint density at radius 3 is 2.78 bits per heavy atom. The van der Waals surface area contributed by atoms with Crippen LogP contribution in [0.15, 0.2) is 28.8 Å². The summed E-state index contributed by atoms with van der Waals surface area (Å²) in [7, 11) is 0. The van der Waals surface area contributed by atoms with Gasteiger partial charge in [0.2, 0.25) is 11.7 Å². The Labute approximate surface area is 110 Å². The molecule has 0 unspecified atom stereocenters. The second-order valence-corrected chi connectivity index (χ2v) is 4.90. The molecule has 1 N–H and O–H groups in total. The molecule has 1 aliphatic rings. The second kappa shape index (κ2) is 5.08. The Kier molecular flexibility index (Phi) is 3.30. The summed E-state index contributed by atoms with van der Waals surface area (Å²) in [6, 6.07) is 7.64. The molecule has 1 aromatic carbocycles. The molecule has 18 heavy (non-hydrogen) atoms. The quantitative estimate of drug-likeness (QED) is 0.904. The molecule has 1 saturated heterocycles. The normalized spacial score (nSPS) is 19.9. The molecule has 5 heteroatoms. The van der Waals surface area contributed by atoms with Gasteiger partial charge in [-0.05, 0) is 43.7 Å². The fraction of sp³-hybridized carbons (Fsp3) is 0.385. The molecule has 0 spiro atoms. The predicted octanol–water partition coefficient (Wildman–Crippen LogP) is 3.20. The summed E-state index contributed by atoms with van der Waals surface area (Å²) in [5.41, 5.74) is 0.921. The highest BCUT2D eigenvalue weighted by Gasteiger charge is 2.21. The minimum absolute atomic E-state index is 0.201. The number of nitrogens with zero attached hydrogens (tertiary/aromatic N) is 2. The Balaban J connectivity index is 1.82. The van der Waals surface area contributed by atoms with Crippen LogP contribution in [0, 0.1) is 0 Å². The van der Waals surface area contributed by atoms with E-state index < -0.39 is 0 Å². The standard InChI is InChI=1S/C13H14ClN3O/c14-10-6-4-9(5-7-10)12-16-13(18-17-12)11-3-1-2-8-15-11/h4-7,11,15H,1-3,8H2/t11-/m1/s1. The first-order valence-electron chi connectivity index (χ1n) is 6.16. The van der Waals surface area contributed by atoms with Gasteiger partial charge in [-0.1, -0.05) is 23.2 Å². The van der Waals surface area contributed by atoms with Gasteiger partial charge in [-0.2, -0.15) is 4.98 Å². The summed E-state index contributed by atoms with van der Waals surface area (Å²) in [5, 5.41) is 8.12. The van der Waals surface area contributed by atoms with Crippen molar-refractivity contribution in [2.45, 2.75) is 25.3 Å². The Hall–Kier alpha value is -1.39. The van der Waals surface area contributed by atoms with Crippen LogP contribution in [0.2, 0.25) is 5.02 Å². The van der Waals surface area contributed by atoms with Crippen molar-refractivity contribution in [2.24, 2.45) is 0 Å². The Morgan fingerprint density at radius 1 is 1.22 bits per heavy atom. The predicted molar refractivity (Wildman–Crippen MR) is 69.3 cm³/mol. The van der Waals surface area contributed by atoms with E-state index in [2.05, 4.69) is 15.5 Å². The highest BCUT2D eigenvalue weighted by Crippen LogP contribution is 2.24. The van der Waals surface area contributed by atoms with Crippen molar-refractivity contribution >= 4 is 11.6 Å². The zero-order valence-electron chi connectivity index (χ0n) is 9.90. The third-order valence-electron chi connectivity index (χ3n) is 3.15. The maximum Gasteiger partial charge on any atom is 0.244 e. The van der Waals surface area contributed by atoms with Crippen molar-refractivity contribution in [3.05, 3.63) is 35.2 Å². The van der Waals surface area contributed by atoms with Crippen LogP contribution in [0.25, 0.3) is 11.4 Å².